The zero-order valence-corrected chi connectivity index (χ0v) is 12.4. The summed E-state index contributed by atoms with van der Waals surface area (Å²) < 4.78 is 7.57. The number of hydrogen-bond donors (Lipinski definition) is 1. The normalized spacial score (nSPS) is 12.7. The standard InChI is InChI=1S/C16H23N3O/c1-4-20-14-7-5-13(6-8-14)15(17)11-19-10-9-18-16(19)12(2)3/h5-10,12,15H,4,11,17H2,1-3H3. The lowest BCUT2D eigenvalue weighted by Gasteiger charge is -2.16. The van der Waals surface area contributed by atoms with Gasteiger partial charge in [0.05, 0.1) is 6.61 Å². The Morgan fingerprint density at radius 1 is 1.25 bits per heavy atom. The third-order valence-electron chi connectivity index (χ3n) is 3.28. The van der Waals surface area contributed by atoms with Gasteiger partial charge in [0.1, 0.15) is 11.6 Å². The number of aromatic nitrogens is 2. The molecule has 1 aromatic carbocycles. The molecule has 2 aromatic rings. The zero-order valence-electron chi connectivity index (χ0n) is 12.4. The number of imidazole rings is 1. The second-order valence-electron chi connectivity index (χ2n) is 5.20. The van der Waals surface area contributed by atoms with E-state index in [1.54, 1.807) is 0 Å². The van der Waals surface area contributed by atoms with Gasteiger partial charge in [0.25, 0.3) is 0 Å². The van der Waals surface area contributed by atoms with Crippen LogP contribution in [0.15, 0.2) is 36.7 Å². The number of nitrogens with zero attached hydrogens (tertiary/aromatic N) is 2. The van der Waals surface area contributed by atoms with Crippen molar-refractivity contribution in [2.45, 2.75) is 39.3 Å². The van der Waals surface area contributed by atoms with Crippen LogP contribution in [0.25, 0.3) is 0 Å². The molecule has 0 saturated carbocycles. The molecule has 4 nitrogen and oxygen atoms in total. The quantitative estimate of drug-likeness (QED) is 0.880. The third kappa shape index (κ3) is 3.39. The average molecular weight is 273 g/mol. The van der Waals surface area contributed by atoms with Crippen molar-refractivity contribution >= 4 is 0 Å². The van der Waals surface area contributed by atoms with Gasteiger partial charge in [-0.3, -0.25) is 0 Å². The molecule has 1 heterocycles. The van der Waals surface area contributed by atoms with Gasteiger partial charge in [-0.1, -0.05) is 26.0 Å². The Hall–Kier alpha value is -1.81. The van der Waals surface area contributed by atoms with Gasteiger partial charge in [0.15, 0.2) is 0 Å². The molecule has 1 atom stereocenters. The van der Waals surface area contributed by atoms with Crippen LogP contribution in [0.3, 0.4) is 0 Å². The molecule has 108 valence electrons. The first-order valence-electron chi connectivity index (χ1n) is 7.11. The Bertz CT molecular complexity index is 531. The molecule has 2 N–H and O–H groups in total. The van der Waals surface area contributed by atoms with Gasteiger partial charge in [-0.05, 0) is 24.6 Å². The fourth-order valence-corrected chi connectivity index (χ4v) is 2.27. The fraction of sp³-hybridized carbons (Fsp3) is 0.438. The Morgan fingerprint density at radius 3 is 2.55 bits per heavy atom. The van der Waals surface area contributed by atoms with Crippen LogP contribution in [0, 0.1) is 0 Å². The minimum Gasteiger partial charge on any atom is -0.494 e. The minimum atomic E-state index is -0.0441. The van der Waals surface area contributed by atoms with Crippen molar-refractivity contribution in [1.82, 2.24) is 9.55 Å². The van der Waals surface area contributed by atoms with E-state index in [0.717, 1.165) is 23.7 Å². The van der Waals surface area contributed by atoms with Gasteiger partial charge in [0, 0.05) is 30.9 Å². The summed E-state index contributed by atoms with van der Waals surface area (Å²) in [6, 6.07) is 7.95. The Morgan fingerprint density at radius 2 is 1.95 bits per heavy atom. The summed E-state index contributed by atoms with van der Waals surface area (Å²) in [5.41, 5.74) is 7.40. The lowest BCUT2D eigenvalue weighted by Crippen LogP contribution is -2.19. The van der Waals surface area contributed by atoms with E-state index in [4.69, 9.17) is 10.5 Å². The van der Waals surface area contributed by atoms with Crippen LogP contribution in [0.4, 0.5) is 0 Å². The first kappa shape index (κ1) is 14.6. The molecule has 0 aliphatic heterocycles. The van der Waals surface area contributed by atoms with Crippen molar-refractivity contribution in [2.75, 3.05) is 6.61 Å². The first-order valence-corrected chi connectivity index (χ1v) is 7.11. The smallest absolute Gasteiger partial charge is 0.119 e. The highest BCUT2D eigenvalue weighted by Crippen LogP contribution is 2.20. The van der Waals surface area contributed by atoms with E-state index in [1.165, 1.54) is 0 Å². The fourth-order valence-electron chi connectivity index (χ4n) is 2.27. The van der Waals surface area contributed by atoms with E-state index in [-0.39, 0.29) is 6.04 Å². The number of hydrogen-bond acceptors (Lipinski definition) is 3. The van der Waals surface area contributed by atoms with E-state index in [9.17, 15) is 0 Å². The summed E-state index contributed by atoms with van der Waals surface area (Å²) in [5, 5.41) is 0. The number of ether oxygens (including phenoxy) is 1. The molecule has 0 amide bonds. The number of nitrogens with two attached hydrogens (primary N) is 1. The van der Waals surface area contributed by atoms with Crippen molar-refractivity contribution in [3.8, 4) is 5.75 Å². The van der Waals surface area contributed by atoms with Gasteiger partial charge < -0.3 is 15.0 Å². The van der Waals surface area contributed by atoms with Crippen molar-refractivity contribution in [3.63, 3.8) is 0 Å². The van der Waals surface area contributed by atoms with Crippen LogP contribution in [-0.4, -0.2) is 16.2 Å². The van der Waals surface area contributed by atoms with Crippen LogP contribution in [0.1, 0.15) is 44.1 Å². The van der Waals surface area contributed by atoms with E-state index < -0.39 is 0 Å². The maximum absolute atomic E-state index is 6.29. The Labute approximate surface area is 120 Å². The molecule has 0 spiro atoms. The predicted octanol–water partition coefficient (Wildman–Crippen LogP) is 3.11. The van der Waals surface area contributed by atoms with Crippen LogP contribution < -0.4 is 10.5 Å². The molecule has 0 aliphatic rings. The summed E-state index contributed by atoms with van der Waals surface area (Å²) >= 11 is 0. The maximum Gasteiger partial charge on any atom is 0.119 e. The van der Waals surface area contributed by atoms with E-state index in [0.29, 0.717) is 12.5 Å². The van der Waals surface area contributed by atoms with E-state index in [2.05, 4.69) is 23.4 Å². The van der Waals surface area contributed by atoms with Gasteiger partial charge in [-0.15, -0.1) is 0 Å². The highest BCUT2D eigenvalue weighted by Gasteiger charge is 2.12. The third-order valence-corrected chi connectivity index (χ3v) is 3.28. The molecule has 0 bridgehead atoms. The van der Waals surface area contributed by atoms with E-state index in [1.807, 2.05) is 43.6 Å². The molecule has 1 unspecified atom stereocenters. The summed E-state index contributed by atoms with van der Waals surface area (Å²) in [5.74, 6) is 2.36. The lowest BCUT2D eigenvalue weighted by atomic mass is 10.1. The minimum absolute atomic E-state index is 0.0441. The molecular weight excluding hydrogens is 250 g/mol. The largest absolute Gasteiger partial charge is 0.494 e. The second kappa shape index (κ2) is 6.57. The number of benzene rings is 1. The highest BCUT2D eigenvalue weighted by molar-refractivity contribution is 5.29. The summed E-state index contributed by atoms with van der Waals surface area (Å²) in [7, 11) is 0. The van der Waals surface area contributed by atoms with Crippen molar-refractivity contribution in [2.24, 2.45) is 5.73 Å². The van der Waals surface area contributed by atoms with Crippen LogP contribution in [0.5, 0.6) is 5.75 Å². The molecule has 20 heavy (non-hydrogen) atoms. The maximum atomic E-state index is 6.29. The van der Waals surface area contributed by atoms with Gasteiger partial charge >= 0.3 is 0 Å². The van der Waals surface area contributed by atoms with Crippen molar-refractivity contribution < 1.29 is 4.74 Å². The number of rotatable bonds is 6. The monoisotopic (exact) mass is 273 g/mol. The van der Waals surface area contributed by atoms with Gasteiger partial charge in [-0.25, -0.2) is 4.98 Å². The molecule has 1 aromatic heterocycles. The summed E-state index contributed by atoms with van der Waals surface area (Å²) in [6.45, 7) is 7.67. The SMILES string of the molecule is CCOc1ccc(C(N)Cn2ccnc2C(C)C)cc1. The Balaban J connectivity index is 2.07. The van der Waals surface area contributed by atoms with Crippen molar-refractivity contribution in [3.05, 3.63) is 48.0 Å². The Kier molecular flexibility index (Phi) is 4.79. The molecule has 2 rings (SSSR count). The predicted molar refractivity (Wildman–Crippen MR) is 80.9 cm³/mol. The van der Waals surface area contributed by atoms with Gasteiger partial charge in [0.2, 0.25) is 0 Å². The summed E-state index contributed by atoms with van der Waals surface area (Å²) in [4.78, 5) is 4.39. The molecule has 0 aliphatic carbocycles. The lowest BCUT2D eigenvalue weighted by molar-refractivity contribution is 0.340. The van der Waals surface area contributed by atoms with Gasteiger partial charge in [-0.2, -0.15) is 0 Å². The summed E-state index contributed by atoms with van der Waals surface area (Å²) in [6.07, 6.45) is 3.82. The highest BCUT2D eigenvalue weighted by atomic mass is 16.5. The van der Waals surface area contributed by atoms with Crippen LogP contribution >= 0.6 is 0 Å². The van der Waals surface area contributed by atoms with Crippen molar-refractivity contribution in [1.29, 1.82) is 0 Å². The zero-order chi connectivity index (χ0) is 14.5. The topological polar surface area (TPSA) is 53.1 Å². The van der Waals surface area contributed by atoms with Crippen LogP contribution in [0.2, 0.25) is 0 Å². The molecule has 0 saturated heterocycles. The molecule has 0 radical (unpaired) electrons. The second-order valence-corrected chi connectivity index (χ2v) is 5.20. The molecule has 4 heteroatoms. The average Bonchev–Trinajstić information content (AvgIpc) is 2.88. The van der Waals surface area contributed by atoms with Crippen LogP contribution in [-0.2, 0) is 6.54 Å². The molecule has 0 fully saturated rings. The van der Waals surface area contributed by atoms with E-state index >= 15 is 0 Å². The molecular formula is C16H23N3O. The first-order chi connectivity index (χ1) is 9.61.